The van der Waals surface area contributed by atoms with E-state index < -0.39 is 5.97 Å². The first-order valence-corrected chi connectivity index (χ1v) is 3.30. The Kier molecular flexibility index (Phi) is 1.97. The summed E-state index contributed by atoms with van der Waals surface area (Å²) in [6.07, 6.45) is 1.68. The van der Waals surface area contributed by atoms with Gasteiger partial charge < -0.3 is 5.11 Å². The lowest BCUT2D eigenvalue weighted by Crippen LogP contribution is -2.28. The molecule has 0 unspecified atom stereocenters. The van der Waals surface area contributed by atoms with Crippen molar-refractivity contribution < 1.29 is 9.90 Å². The number of thiol groups is 1. The van der Waals surface area contributed by atoms with Crippen LogP contribution in [0.5, 0.6) is 0 Å². The van der Waals surface area contributed by atoms with Crippen molar-refractivity contribution in [2.45, 2.75) is 18.9 Å². The molecule has 0 aromatic heterocycles. The quantitative estimate of drug-likeness (QED) is 0.527. The summed E-state index contributed by atoms with van der Waals surface area (Å²) in [4.78, 5) is 10.3. The number of aliphatic carboxylic acids is 1. The van der Waals surface area contributed by atoms with Crippen LogP contribution in [0.2, 0.25) is 0 Å². The van der Waals surface area contributed by atoms with Gasteiger partial charge in [-0.25, -0.2) is 4.31 Å². The number of nitrogens with zero attached hydrogens (tertiary/aromatic N) is 1. The minimum Gasteiger partial charge on any atom is -0.480 e. The van der Waals surface area contributed by atoms with Crippen molar-refractivity contribution in [2.24, 2.45) is 0 Å². The minimum atomic E-state index is -0.762. The Labute approximate surface area is 59.2 Å². The molecule has 0 spiro atoms. The molecule has 1 fully saturated rings. The Morgan fingerprint density at radius 3 is 2.67 bits per heavy atom. The highest BCUT2D eigenvalue weighted by Gasteiger charge is 2.27. The zero-order valence-corrected chi connectivity index (χ0v) is 5.84. The first-order valence-electron chi connectivity index (χ1n) is 2.90. The van der Waals surface area contributed by atoms with Crippen molar-refractivity contribution in [3.05, 3.63) is 0 Å². The Balaban J connectivity index is 2.49. The Bertz CT molecular complexity index is 128. The topological polar surface area (TPSA) is 40.5 Å². The van der Waals surface area contributed by atoms with Gasteiger partial charge in [-0.1, -0.05) is 12.8 Å². The predicted octanol–water partition coefficient (Wildman–Crippen LogP) is 0.380. The highest BCUT2D eigenvalue weighted by atomic mass is 32.1. The van der Waals surface area contributed by atoms with E-state index in [9.17, 15) is 4.79 Å². The summed E-state index contributed by atoms with van der Waals surface area (Å²) in [5.74, 6) is -0.762. The number of carbonyl (C=O) groups is 1. The van der Waals surface area contributed by atoms with E-state index in [1.807, 2.05) is 0 Å². The predicted molar refractivity (Wildman–Crippen MR) is 36.3 cm³/mol. The lowest BCUT2D eigenvalue weighted by Gasteiger charge is -2.11. The van der Waals surface area contributed by atoms with Gasteiger partial charge in [-0.15, -0.1) is 0 Å². The van der Waals surface area contributed by atoms with Crippen LogP contribution in [0, 0.1) is 0 Å². The zero-order chi connectivity index (χ0) is 6.85. The molecule has 0 aliphatic carbocycles. The van der Waals surface area contributed by atoms with Gasteiger partial charge in [-0.2, -0.15) is 0 Å². The van der Waals surface area contributed by atoms with Crippen LogP contribution < -0.4 is 0 Å². The van der Waals surface area contributed by atoms with Crippen LogP contribution >= 0.6 is 12.8 Å². The van der Waals surface area contributed by atoms with Crippen LogP contribution in [0.15, 0.2) is 0 Å². The van der Waals surface area contributed by atoms with Crippen molar-refractivity contribution >= 4 is 18.8 Å². The molecule has 0 aromatic rings. The molecule has 4 heteroatoms. The summed E-state index contributed by atoms with van der Waals surface area (Å²) >= 11 is 3.98. The molecule has 52 valence electrons. The fourth-order valence-electron chi connectivity index (χ4n) is 1.00. The van der Waals surface area contributed by atoms with E-state index in [1.54, 1.807) is 4.31 Å². The molecule has 1 rings (SSSR count). The van der Waals surface area contributed by atoms with Gasteiger partial charge in [0.1, 0.15) is 6.04 Å². The molecule has 1 aliphatic heterocycles. The Morgan fingerprint density at radius 1 is 1.78 bits per heavy atom. The molecule has 1 atom stereocenters. The van der Waals surface area contributed by atoms with Gasteiger partial charge in [0, 0.05) is 6.54 Å². The molecular formula is C5H9NO2S. The van der Waals surface area contributed by atoms with Crippen molar-refractivity contribution in [3.8, 4) is 0 Å². The normalized spacial score (nSPS) is 28.8. The van der Waals surface area contributed by atoms with E-state index in [1.165, 1.54) is 0 Å². The average molecular weight is 147 g/mol. The van der Waals surface area contributed by atoms with Gasteiger partial charge >= 0.3 is 5.97 Å². The van der Waals surface area contributed by atoms with E-state index in [0.29, 0.717) is 0 Å². The third-order valence-electron chi connectivity index (χ3n) is 1.51. The molecule has 3 nitrogen and oxygen atoms in total. The van der Waals surface area contributed by atoms with Crippen LogP contribution in [0.25, 0.3) is 0 Å². The maximum Gasteiger partial charge on any atom is 0.321 e. The molecular weight excluding hydrogens is 138 g/mol. The number of rotatable bonds is 1. The number of hydrogen-bond donors (Lipinski definition) is 2. The fraction of sp³-hybridized carbons (Fsp3) is 0.800. The van der Waals surface area contributed by atoms with E-state index in [-0.39, 0.29) is 6.04 Å². The minimum absolute atomic E-state index is 0.353. The Morgan fingerprint density at radius 2 is 2.44 bits per heavy atom. The van der Waals surface area contributed by atoms with Gasteiger partial charge in [-0.05, 0) is 12.8 Å². The van der Waals surface area contributed by atoms with Crippen molar-refractivity contribution in [3.63, 3.8) is 0 Å². The first-order chi connectivity index (χ1) is 4.22. The van der Waals surface area contributed by atoms with Crippen LogP contribution in [-0.2, 0) is 4.79 Å². The second-order valence-electron chi connectivity index (χ2n) is 2.16. The molecule has 1 saturated heterocycles. The lowest BCUT2D eigenvalue weighted by molar-refractivity contribution is -0.140. The van der Waals surface area contributed by atoms with Crippen LogP contribution in [0.1, 0.15) is 12.8 Å². The summed E-state index contributed by atoms with van der Waals surface area (Å²) in [6.45, 7) is 0.792. The van der Waals surface area contributed by atoms with E-state index in [0.717, 1.165) is 19.4 Å². The summed E-state index contributed by atoms with van der Waals surface area (Å²) < 4.78 is 1.57. The van der Waals surface area contributed by atoms with Gasteiger partial charge in [-0.3, -0.25) is 4.79 Å². The second kappa shape index (κ2) is 2.58. The van der Waals surface area contributed by atoms with Crippen LogP contribution in [0.3, 0.4) is 0 Å². The SMILES string of the molecule is O=C(O)[C@@H]1CCCN1S. The summed E-state index contributed by atoms with van der Waals surface area (Å²) in [7, 11) is 0. The van der Waals surface area contributed by atoms with Crippen LogP contribution in [-0.4, -0.2) is 28.0 Å². The molecule has 0 amide bonds. The van der Waals surface area contributed by atoms with E-state index in [2.05, 4.69) is 12.8 Å². The number of carboxylic acid groups (broad SMARTS) is 1. The smallest absolute Gasteiger partial charge is 0.321 e. The van der Waals surface area contributed by atoms with E-state index in [4.69, 9.17) is 5.11 Å². The van der Waals surface area contributed by atoms with Crippen molar-refractivity contribution in [2.75, 3.05) is 6.54 Å². The van der Waals surface area contributed by atoms with Crippen molar-refractivity contribution in [1.82, 2.24) is 4.31 Å². The molecule has 0 aromatic carbocycles. The van der Waals surface area contributed by atoms with Gasteiger partial charge in [0.15, 0.2) is 0 Å². The highest BCUT2D eigenvalue weighted by molar-refractivity contribution is 7.77. The average Bonchev–Trinajstić information content (AvgIpc) is 2.13. The molecule has 1 heterocycles. The van der Waals surface area contributed by atoms with Crippen molar-refractivity contribution in [1.29, 1.82) is 0 Å². The summed E-state index contributed by atoms with van der Waals surface area (Å²) in [5, 5.41) is 8.49. The lowest BCUT2D eigenvalue weighted by atomic mass is 10.2. The number of hydrogen-bond acceptors (Lipinski definition) is 3. The number of carboxylic acids is 1. The summed E-state index contributed by atoms with van der Waals surface area (Å²) in [5.41, 5.74) is 0. The monoisotopic (exact) mass is 147 g/mol. The standard InChI is InChI=1S/C5H9NO2S/c7-5(8)4-2-1-3-6(4)9/h4,9H,1-3H2,(H,7,8)/t4-/m0/s1. The van der Waals surface area contributed by atoms with E-state index >= 15 is 0 Å². The molecule has 0 radical (unpaired) electrons. The molecule has 9 heavy (non-hydrogen) atoms. The van der Waals surface area contributed by atoms with Gasteiger partial charge in [0.25, 0.3) is 0 Å². The first kappa shape index (κ1) is 6.89. The van der Waals surface area contributed by atoms with Crippen LogP contribution in [0.4, 0.5) is 0 Å². The largest absolute Gasteiger partial charge is 0.480 e. The maximum atomic E-state index is 10.3. The Hall–Kier alpha value is -0.220. The second-order valence-corrected chi connectivity index (χ2v) is 2.67. The zero-order valence-electron chi connectivity index (χ0n) is 4.95. The highest BCUT2D eigenvalue weighted by Crippen LogP contribution is 2.18. The molecule has 1 N–H and O–H groups in total. The third kappa shape index (κ3) is 1.37. The molecule has 0 bridgehead atoms. The third-order valence-corrected chi connectivity index (χ3v) is 1.99. The van der Waals surface area contributed by atoms with Gasteiger partial charge in [0.05, 0.1) is 0 Å². The molecule has 0 saturated carbocycles. The molecule has 1 aliphatic rings. The fourth-order valence-corrected chi connectivity index (χ4v) is 1.36. The maximum absolute atomic E-state index is 10.3. The summed E-state index contributed by atoms with van der Waals surface area (Å²) in [6, 6.07) is -0.353. The van der Waals surface area contributed by atoms with Gasteiger partial charge in [0.2, 0.25) is 0 Å².